The molecule has 4 rings (SSSR count). The third kappa shape index (κ3) is 3.88. The van der Waals surface area contributed by atoms with Crippen LogP contribution >= 0.6 is 0 Å². The second-order valence-corrected chi connectivity index (χ2v) is 9.28. The number of benzene rings is 1. The summed E-state index contributed by atoms with van der Waals surface area (Å²) in [5, 5.41) is 9.49. The molecule has 3 heterocycles. The Morgan fingerprint density at radius 2 is 1.72 bits per heavy atom. The second-order valence-electron chi connectivity index (χ2n) is 7.34. The lowest BCUT2D eigenvalue weighted by atomic mass is 10.2. The van der Waals surface area contributed by atoms with Crippen molar-refractivity contribution in [3.63, 3.8) is 0 Å². The van der Waals surface area contributed by atoms with E-state index in [0.717, 1.165) is 45.6 Å². The summed E-state index contributed by atoms with van der Waals surface area (Å²) in [6.07, 6.45) is 1.81. The molecule has 0 unspecified atom stereocenters. The first-order valence-electron chi connectivity index (χ1n) is 10.0. The van der Waals surface area contributed by atoms with Gasteiger partial charge in [-0.05, 0) is 43.7 Å². The van der Waals surface area contributed by atoms with E-state index < -0.39 is 10.0 Å². The maximum absolute atomic E-state index is 12.7. The van der Waals surface area contributed by atoms with Crippen LogP contribution in [0, 0.1) is 11.3 Å². The second kappa shape index (κ2) is 8.14. The third-order valence-corrected chi connectivity index (χ3v) is 7.54. The van der Waals surface area contributed by atoms with Crippen molar-refractivity contribution in [3.05, 3.63) is 30.0 Å². The molecule has 2 aliphatic rings. The molecule has 1 aromatic carbocycles. The van der Waals surface area contributed by atoms with Crippen molar-refractivity contribution >= 4 is 15.9 Å². The van der Waals surface area contributed by atoms with Gasteiger partial charge in [-0.15, -0.1) is 0 Å². The minimum absolute atomic E-state index is 0.263. The number of rotatable bonds is 5. The molecule has 1 aromatic heterocycles. The lowest BCUT2D eigenvalue weighted by molar-refractivity contribution is 0.266. The van der Waals surface area contributed by atoms with Crippen molar-refractivity contribution in [1.29, 1.82) is 5.26 Å². The largest absolute Gasteiger partial charge is 0.419 e. The van der Waals surface area contributed by atoms with Gasteiger partial charge in [0.2, 0.25) is 27.5 Å². The highest BCUT2D eigenvalue weighted by molar-refractivity contribution is 7.89. The summed E-state index contributed by atoms with van der Waals surface area (Å²) in [5.74, 6) is 0.826. The molecule has 8 nitrogen and oxygen atoms in total. The fourth-order valence-corrected chi connectivity index (χ4v) is 5.35. The molecule has 0 N–H and O–H groups in total. The number of oxazole rings is 1. The van der Waals surface area contributed by atoms with Gasteiger partial charge in [0.05, 0.1) is 4.90 Å². The third-order valence-electron chi connectivity index (χ3n) is 5.63. The van der Waals surface area contributed by atoms with E-state index in [1.807, 2.05) is 4.90 Å². The van der Waals surface area contributed by atoms with Gasteiger partial charge < -0.3 is 14.2 Å². The highest BCUT2D eigenvalue weighted by Gasteiger charge is 2.28. The Morgan fingerprint density at radius 1 is 1.07 bits per heavy atom. The maximum atomic E-state index is 12.7. The van der Waals surface area contributed by atoms with Gasteiger partial charge in [0.1, 0.15) is 6.07 Å². The van der Waals surface area contributed by atoms with Crippen LogP contribution in [0.3, 0.4) is 0 Å². The molecule has 2 aliphatic heterocycles. The molecule has 0 radical (unpaired) electrons. The van der Waals surface area contributed by atoms with Crippen molar-refractivity contribution in [2.45, 2.75) is 24.7 Å². The molecule has 2 fully saturated rings. The molecule has 0 spiro atoms. The Balaban J connectivity index is 1.56. The minimum atomic E-state index is -3.45. The van der Waals surface area contributed by atoms with Gasteiger partial charge in [0.15, 0.2) is 0 Å². The first-order chi connectivity index (χ1) is 14.0. The number of aromatic nitrogens is 1. The predicted molar refractivity (Wildman–Crippen MR) is 109 cm³/mol. The van der Waals surface area contributed by atoms with E-state index in [2.05, 4.69) is 22.9 Å². The number of nitriles is 1. The first-order valence-corrected chi connectivity index (χ1v) is 11.5. The van der Waals surface area contributed by atoms with Gasteiger partial charge in [-0.25, -0.2) is 8.42 Å². The van der Waals surface area contributed by atoms with Crippen LogP contribution in [0.25, 0.3) is 11.5 Å². The molecule has 0 aliphatic carbocycles. The van der Waals surface area contributed by atoms with E-state index in [-0.39, 0.29) is 10.6 Å². The van der Waals surface area contributed by atoms with Gasteiger partial charge >= 0.3 is 0 Å². The van der Waals surface area contributed by atoms with Crippen LogP contribution in [0.4, 0.5) is 5.88 Å². The van der Waals surface area contributed by atoms with Gasteiger partial charge in [-0.2, -0.15) is 14.6 Å². The van der Waals surface area contributed by atoms with Crippen LogP contribution in [-0.2, 0) is 10.0 Å². The Hall–Kier alpha value is -2.41. The molecule has 154 valence electrons. The predicted octanol–water partition coefficient (Wildman–Crippen LogP) is 2.14. The van der Waals surface area contributed by atoms with Crippen molar-refractivity contribution in [3.8, 4) is 17.5 Å². The molecular formula is C20H25N5O3S. The fraction of sp³-hybridized carbons (Fsp3) is 0.500. The monoisotopic (exact) mass is 415 g/mol. The summed E-state index contributed by atoms with van der Waals surface area (Å²) in [6, 6.07) is 8.66. The minimum Gasteiger partial charge on any atom is -0.419 e. The van der Waals surface area contributed by atoms with Gasteiger partial charge in [0, 0.05) is 44.8 Å². The van der Waals surface area contributed by atoms with E-state index >= 15 is 0 Å². The van der Waals surface area contributed by atoms with E-state index in [4.69, 9.17) is 4.42 Å². The lowest BCUT2D eigenvalue weighted by Gasteiger charge is -2.33. The topological polar surface area (TPSA) is 93.7 Å². The normalized spacial score (nSPS) is 18.8. The Kier molecular flexibility index (Phi) is 5.58. The molecular weight excluding hydrogens is 390 g/mol. The summed E-state index contributed by atoms with van der Waals surface area (Å²) < 4.78 is 32.8. The van der Waals surface area contributed by atoms with Crippen molar-refractivity contribution in [2.75, 3.05) is 50.7 Å². The van der Waals surface area contributed by atoms with Gasteiger partial charge in [-0.1, -0.05) is 6.92 Å². The summed E-state index contributed by atoms with van der Waals surface area (Å²) in [5.41, 5.74) is 0.916. The lowest BCUT2D eigenvalue weighted by Crippen LogP contribution is -2.46. The van der Waals surface area contributed by atoms with E-state index in [0.29, 0.717) is 30.4 Å². The van der Waals surface area contributed by atoms with Crippen LogP contribution in [0.5, 0.6) is 0 Å². The molecule has 0 saturated carbocycles. The zero-order valence-corrected chi connectivity index (χ0v) is 17.4. The Morgan fingerprint density at radius 3 is 2.31 bits per heavy atom. The van der Waals surface area contributed by atoms with Crippen molar-refractivity contribution in [2.24, 2.45) is 0 Å². The van der Waals surface area contributed by atoms with Crippen LogP contribution in [0.1, 0.15) is 25.5 Å². The van der Waals surface area contributed by atoms with Gasteiger partial charge in [0.25, 0.3) is 0 Å². The number of hydrogen-bond donors (Lipinski definition) is 0. The average molecular weight is 416 g/mol. The quantitative estimate of drug-likeness (QED) is 0.738. The summed E-state index contributed by atoms with van der Waals surface area (Å²) in [4.78, 5) is 9.00. The number of anilines is 1. The molecule has 9 heteroatoms. The highest BCUT2D eigenvalue weighted by Crippen LogP contribution is 2.30. The maximum Gasteiger partial charge on any atom is 0.243 e. The van der Waals surface area contributed by atoms with Crippen molar-refractivity contribution < 1.29 is 12.8 Å². The van der Waals surface area contributed by atoms with E-state index in [9.17, 15) is 13.7 Å². The summed E-state index contributed by atoms with van der Waals surface area (Å²) >= 11 is 0. The molecule has 0 atom stereocenters. The standard InChI is InChI=1S/C20H25N5O3S/c1-2-23-11-13-24(14-12-23)20-18(15-21)22-19(28-20)16-5-7-17(8-6-16)29(26,27)25-9-3-4-10-25/h5-8H,2-4,9-14H2,1H3. The molecule has 0 bridgehead atoms. The van der Waals surface area contributed by atoms with E-state index in [1.54, 1.807) is 24.3 Å². The number of likely N-dealkylation sites (N-methyl/N-ethyl adjacent to an activating group) is 1. The van der Waals surface area contributed by atoms with Crippen LogP contribution < -0.4 is 4.90 Å². The zero-order chi connectivity index (χ0) is 20.4. The first kappa shape index (κ1) is 19.9. The zero-order valence-electron chi connectivity index (χ0n) is 16.5. The van der Waals surface area contributed by atoms with Crippen LogP contribution in [-0.4, -0.2) is 68.4 Å². The van der Waals surface area contributed by atoms with Crippen LogP contribution in [0.15, 0.2) is 33.6 Å². The molecule has 29 heavy (non-hydrogen) atoms. The number of hydrogen-bond acceptors (Lipinski definition) is 7. The molecule has 2 aromatic rings. The molecule has 2 saturated heterocycles. The fourth-order valence-electron chi connectivity index (χ4n) is 3.84. The number of piperazine rings is 1. The van der Waals surface area contributed by atoms with Crippen LogP contribution in [0.2, 0.25) is 0 Å². The summed E-state index contributed by atoms with van der Waals surface area (Å²) in [7, 11) is -3.45. The average Bonchev–Trinajstić information content (AvgIpc) is 3.44. The number of nitrogens with zero attached hydrogens (tertiary/aromatic N) is 5. The Bertz CT molecular complexity index is 996. The smallest absolute Gasteiger partial charge is 0.243 e. The highest BCUT2D eigenvalue weighted by atomic mass is 32.2. The van der Waals surface area contributed by atoms with Crippen molar-refractivity contribution in [1.82, 2.24) is 14.2 Å². The SMILES string of the molecule is CCN1CCN(c2oc(-c3ccc(S(=O)(=O)N4CCCC4)cc3)nc2C#N)CC1. The van der Waals surface area contributed by atoms with E-state index in [1.165, 1.54) is 4.31 Å². The molecule has 0 amide bonds. The number of sulfonamides is 1. The Labute approximate surface area is 171 Å². The van der Waals surface area contributed by atoms with Gasteiger partial charge in [-0.3, -0.25) is 0 Å². The summed E-state index contributed by atoms with van der Waals surface area (Å²) in [6.45, 7) is 7.69.